The summed E-state index contributed by atoms with van der Waals surface area (Å²) in [5.74, 6) is -0.569. The molecule has 16 nitrogen and oxygen atoms in total. The second kappa shape index (κ2) is 22.6. The first-order valence-corrected chi connectivity index (χ1v) is 24.3. The highest BCUT2D eigenvalue weighted by Gasteiger charge is 2.45. The molecule has 1 aromatic carbocycles. The van der Waals surface area contributed by atoms with Gasteiger partial charge in [0.2, 0.25) is 17.7 Å². The van der Waals surface area contributed by atoms with Crippen molar-refractivity contribution in [3.63, 3.8) is 0 Å². The number of carbonyl (C=O) groups is 6. The van der Waals surface area contributed by atoms with Gasteiger partial charge in [-0.25, -0.2) is 0 Å². The Hall–Kier alpha value is -5.87. The fraction of sp³-hybridized carbons (Fsp3) is 0.540. The second-order valence-corrected chi connectivity index (χ2v) is 18.5. The molecule has 4 fully saturated rings. The minimum atomic E-state index is -0.950. The molecule has 350 valence electrons. The molecule has 66 heavy (non-hydrogen) atoms. The quantitative estimate of drug-likeness (QED) is 0.104. The lowest BCUT2D eigenvalue weighted by Gasteiger charge is -2.43. The molecule has 5 aliphatic rings. The first-order chi connectivity index (χ1) is 32.2. The number of aryl methyl sites for hydroxylation is 1. The molecule has 0 radical (unpaired) electrons. The van der Waals surface area contributed by atoms with Crippen LogP contribution in [0.15, 0.2) is 60.9 Å². The molecule has 16 heteroatoms. The number of anilines is 1. The molecule has 4 saturated heterocycles. The van der Waals surface area contributed by atoms with Gasteiger partial charge in [-0.2, -0.15) is 0 Å². The number of fused-ring (bicyclic) bond motifs is 1. The molecule has 3 aromatic rings. The lowest BCUT2D eigenvalue weighted by Crippen LogP contribution is -2.54. The maximum absolute atomic E-state index is 13.4. The third-order valence-corrected chi connectivity index (χ3v) is 14.2. The Morgan fingerprint density at radius 3 is 2.32 bits per heavy atom. The van der Waals surface area contributed by atoms with Crippen LogP contribution in [0.4, 0.5) is 5.82 Å². The number of amides is 6. The topological polar surface area (TPSA) is 181 Å². The number of nitrogens with zero attached hydrogens (tertiary/aromatic N) is 8. The highest BCUT2D eigenvalue weighted by atomic mass is 16.2. The average molecular weight is 901 g/mol. The number of nitrogens with one attached hydrogen (secondary N) is 2. The van der Waals surface area contributed by atoms with Crippen LogP contribution in [-0.4, -0.2) is 148 Å². The molecule has 0 bridgehead atoms. The number of rotatable bonds is 18. The predicted octanol–water partition coefficient (Wildman–Crippen LogP) is 4.51. The molecule has 0 saturated carbocycles. The van der Waals surface area contributed by atoms with E-state index in [1.807, 2.05) is 41.3 Å². The fourth-order valence-electron chi connectivity index (χ4n) is 10.3. The van der Waals surface area contributed by atoms with Crippen LogP contribution in [0.5, 0.6) is 0 Å². The average Bonchev–Trinajstić information content (AvgIpc) is 3.61. The largest absolute Gasteiger partial charge is 0.355 e. The van der Waals surface area contributed by atoms with Crippen LogP contribution in [0, 0.1) is 5.92 Å². The number of carbonyl (C=O) groups excluding carboxylic acids is 6. The van der Waals surface area contributed by atoms with Crippen molar-refractivity contribution in [1.82, 2.24) is 45.4 Å². The van der Waals surface area contributed by atoms with Crippen molar-refractivity contribution >= 4 is 47.3 Å². The Morgan fingerprint density at radius 1 is 0.773 bits per heavy atom. The number of aromatic nitrogens is 3. The van der Waals surface area contributed by atoms with Crippen LogP contribution in [0.25, 0.3) is 6.08 Å². The Bertz CT molecular complexity index is 2210. The van der Waals surface area contributed by atoms with Crippen LogP contribution in [0.3, 0.4) is 0 Å². The van der Waals surface area contributed by atoms with Crippen molar-refractivity contribution in [2.75, 3.05) is 70.3 Å². The molecule has 2 aromatic heterocycles. The standard InChI is InChI=1S/C50H64N10O6/c61-44(18-14-37-10-8-24-51-35-37)52-25-5-4-9-36-20-27-59(28-21-36)49(65)41-15-17-43(55-54-41)58-29-22-39(23-30-58)57-33-31-56(32-34-57)26-6-2-1-3-11-38-12-7-13-40-46(38)50(66)60(48(40)64)42-16-19-45(62)53-47(42)63/h7-8,10,12-15,17-18,24,35-36,39,42H,1-6,9,11,16,19-23,25-34H2,(H,52,61)(H,53,62,63)/b18-14+. The Labute approximate surface area is 387 Å². The number of likely N-dealkylation sites (tertiary alicyclic amines) is 1. The zero-order valence-corrected chi connectivity index (χ0v) is 38.1. The molecule has 1 atom stereocenters. The number of imide groups is 2. The smallest absolute Gasteiger partial charge is 0.274 e. The van der Waals surface area contributed by atoms with E-state index in [0.29, 0.717) is 41.7 Å². The first kappa shape index (κ1) is 46.7. The number of piperidine rings is 3. The van der Waals surface area contributed by atoms with Crippen LogP contribution in [0.1, 0.15) is 126 Å². The summed E-state index contributed by atoms with van der Waals surface area (Å²) < 4.78 is 0. The number of piperazine rings is 1. The van der Waals surface area contributed by atoms with Gasteiger partial charge in [0.15, 0.2) is 11.5 Å². The van der Waals surface area contributed by atoms with Gasteiger partial charge in [0.05, 0.1) is 11.1 Å². The number of benzene rings is 1. The predicted molar refractivity (Wildman–Crippen MR) is 249 cm³/mol. The van der Waals surface area contributed by atoms with Crippen molar-refractivity contribution in [2.45, 2.75) is 102 Å². The zero-order chi connectivity index (χ0) is 45.8. The second-order valence-electron chi connectivity index (χ2n) is 18.5. The monoisotopic (exact) mass is 901 g/mol. The minimum absolute atomic E-state index is 0.0422. The molecule has 1 unspecified atom stereocenters. The Balaban J connectivity index is 0.666. The highest BCUT2D eigenvalue weighted by molar-refractivity contribution is 6.24. The van der Waals surface area contributed by atoms with Crippen molar-refractivity contribution in [3.05, 3.63) is 88.9 Å². The SMILES string of the molecule is O=C(/C=C/c1cccnc1)NCCCCC1CCN(C(=O)c2ccc(N3CCC(N4CCN(CCCCCCc5cccc6c5C(=O)N(C5CCC(=O)NC5=O)C6=O)CC4)CC3)nn2)CC1. The first-order valence-electron chi connectivity index (χ1n) is 24.3. The van der Waals surface area contributed by atoms with E-state index in [4.69, 9.17) is 0 Å². The van der Waals surface area contributed by atoms with Gasteiger partial charge >= 0.3 is 0 Å². The van der Waals surface area contributed by atoms with Gasteiger partial charge in [-0.1, -0.05) is 43.9 Å². The Kier molecular flexibility index (Phi) is 15.9. The van der Waals surface area contributed by atoms with E-state index < -0.39 is 23.8 Å². The summed E-state index contributed by atoms with van der Waals surface area (Å²) >= 11 is 0. The highest BCUT2D eigenvalue weighted by Crippen LogP contribution is 2.31. The van der Waals surface area contributed by atoms with E-state index >= 15 is 0 Å². The maximum atomic E-state index is 13.4. The molecule has 0 spiro atoms. The van der Waals surface area contributed by atoms with E-state index in [-0.39, 0.29) is 30.6 Å². The van der Waals surface area contributed by atoms with Gasteiger partial charge in [0.25, 0.3) is 17.7 Å². The van der Waals surface area contributed by atoms with Gasteiger partial charge < -0.3 is 20.0 Å². The van der Waals surface area contributed by atoms with Crippen molar-refractivity contribution in [3.8, 4) is 0 Å². The molecule has 7 heterocycles. The van der Waals surface area contributed by atoms with E-state index in [1.54, 1.807) is 30.6 Å². The van der Waals surface area contributed by atoms with Crippen molar-refractivity contribution in [2.24, 2.45) is 5.92 Å². The summed E-state index contributed by atoms with van der Waals surface area (Å²) in [4.78, 5) is 90.6. The van der Waals surface area contributed by atoms with Gasteiger partial charge in [-0.3, -0.25) is 48.9 Å². The molecular weight excluding hydrogens is 837 g/mol. The summed E-state index contributed by atoms with van der Waals surface area (Å²) in [6, 6.07) is 12.5. The number of hydrogen-bond acceptors (Lipinski definition) is 12. The third-order valence-electron chi connectivity index (χ3n) is 14.2. The minimum Gasteiger partial charge on any atom is -0.355 e. The molecule has 6 amide bonds. The summed E-state index contributed by atoms with van der Waals surface area (Å²) in [6.07, 6.45) is 19.1. The third kappa shape index (κ3) is 11.7. The number of unbranched alkanes of at least 4 members (excludes halogenated alkanes) is 4. The molecule has 2 N–H and O–H groups in total. The molecule has 8 rings (SSSR count). The summed E-state index contributed by atoms with van der Waals surface area (Å²) in [5, 5.41) is 14.1. The van der Waals surface area contributed by atoms with E-state index in [1.165, 1.54) is 0 Å². The molecule has 5 aliphatic heterocycles. The molecule has 0 aliphatic carbocycles. The summed E-state index contributed by atoms with van der Waals surface area (Å²) in [6.45, 7) is 9.33. The van der Waals surface area contributed by atoms with Crippen LogP contribution >= 0.6 is 0 Å². The molecular formula is C50H64N10O6. The van der Waals surface area contributed by atoms with E-state index in [0.717, 1.165) is 151 Å². The summed E-state index contributed by atoms with van der Waals surface area (Å²) in [7, 11) is 0. The van der Waals surface area contributed by atoms with Crippen LogP contribution in [0.2, 0.25) is 0 Å². The lowest BCUT2D eigenvalue weighted by molar-refractivity contribution is -0.136. The van der Waals surface area contributed by atoms with Crippen molar-refractivity contribution < 1.29 is 28.8 Å². The lowest BCUT2D eigenvalue weighted by atomic mass is 9.91. The van der Waals surface area contributed by atoms with Crippen LogP contribution in [-0.2, 0) is 20.8 Å². The zero-order valence-electron chi connectivity index (χ0n) is 38.1. The van der Waals surface area contributed by atoms with Gasteiger partial charge in [0, 0.05) is 89.8 Å². The van der Waals surface area contributed by atoms with E-state index in [2.05, 4.69) is 40.5 Å². The van der Waals surface area contributed by atoms with Gasteiger partial charge in [-0.15, -0.1) is 10.2 Å². The number of pyridine rings is 1. The Morgan fingerprint density at radius 2 is 1.58 bits per heavy atom. The van der Waals surface area contributed by atoms with E-state index in [9.17, 15) is 28.8 Å². The van der Waals surface area contributed by atoms with Gasteiger partial charge in [0.1, 0.15) is 6.04 Å². The normalized spacial score (nSPS) is 20.3. The van der Waals surface area contributed by atoms with Crippen molar-refractivity contribution in [1.29, 1.82) is 0 Å². The number of hydrogen-bond donors (Lipinski definition) is 2. The fourth-order valence-corrected chi connectivity index (χ4v) is 10.3. The van der Waals surface area contributed by atoms with Gasteiger partial charge in [-0.05, 0) is 112 Å². The summed E-state index contributed by atoms with van der Waals surface area (Å²) in [5.41, 5.74) is 2.91. The maximum Gasteiger partial charge on any atom is 0.274 e. The van der Waals surface area contributed by atoms with Crippen LogP contribution < -0.4 is 15.5 Å².